The van der Waals surface area contributed by atoms with E-state index in [4.69, 9.17) is 11.6 Å². The number of halogens is 1. The van der Waals surface area contributed by atoms with E-state index in [9.17, 15) is 4.79 Å². The van der Waals surface area contributed by atoms with Crippen LogP contribution in [0.2, 0.25) is 5.15 Å². The molecule has 108 valence electrons. The molecule has 0 saturated carbocycles. The van der Waals surface area contributed by atoms with Crippen molar-refractivity contribution in [2.24, 2.45) is 0 Å². The molecular weight excluding hydrogens is 286 g/mol. The molecule has 0 fully saturated rings. The average molecular weight is 302 g/mol. The number of benzene rings is 1. The summed E-state index contributed by atoms with van der Waals surface area (Å²) in [6.07, 6.45) is 2.58. The van der Waals surface area contributed by atoms with Crippen LogP contribution in [0.3, 0.4) is 0 Å². The van der Waals surface area contributed by atoms with Crippen molar-refractivity contribution in [2.45, 2.75) is 13.0 Å². The zero-order chi connectivity index (χ0) is 14.7. The van der Waals surface area contributed by atoms with Crippen molar-refractivity contribution >= 4 is 23.2 Å². The molecule has 0 saturated heterocycles. The summed E-state index contributed by atoms with van der Waals surface area (Å²) in [4.78, 5) is 18.2. The lowest BCUT2D eigenvalue weighted by Gasteiger charge is -2.28. The van der Waals surface area contributed by atoms with Gasteiger partial charge in [0.25, 0.3) is 0 Å². The molecule has 1 N–H and O–H groups in total. The van der Waals surface area contributed by atoms with Gasteiger partial charge in [-0.2, -0.15) is 0 Å². The van der Waals surface area contributed by atoms with Crippen molar-refractivity contribution in [1.29, 1.82) is 0 Å². The summed E-state index contributed by atoms with van der Waals surface area (Å²) >= 11 is 5.94. The third-order valence-electron chi connectivity index (χ3n) is 3.61. The lowest BCUT2D eigenvalue weighted by Crippen LogP contribution is -2.37. The number of amides is 1. The van der Waals surface area contributed by atoms with Crippen LogP contribution in [0.1, 0.15) is 11.1 Å². The molecule has 2 aromatic rings. The minimum absolute atomic E-state index is 0.0655. The highest BCUT2D eigenvalue weighted by Gasteiger charge is 2.18. The summed E-state index contributed by atoms with van der Waals surface area (Å²) in [5, 5.41) is 3.12. The van der Waals surface area contributed by atoms with E-state index in [2.05, 4.69) is 33.4 Å². The lowest BCUT2D eigenvalue weighted by atomic mass is 10.00. The summed E-state index contributed by atoms with van der Waals surface area (Å²) in [6.45, 7) is 2.06. The zero-order valence-electron chi connectivity index (χ0n) is 11.6. The average Bonchev–Trinajstić information content (AvgIpc) is 2.49. The van der Waals surface area contributed by atoms with Gasteiger partial charge in [-0.15, -0.1) is 0 Å². The summed E-state index contributed by atoms with van der Waals surface area (Å²) in [5.74, 6) is -0.0655. The Morgan fingerprint density at radius 3 is 2.86 bits per heavy atom. The number of nitrogens with zero attached hydrogens (tertiary/aromatic N) is 2. The molecule has 0 aliphatic carbocycles. The molecule has 5 heteroatoms. The van der Waals surface area contributed by atoms with Crippen LogP contribution in [0, 0.1) is 0 Å². The fraction of sp³-hybridized carbons (Fsp3) is 0.250. The minimum Gasteiger partial charge on any atom is -0.322 e. The molecule has 0 radical (unpaired) electrons. The Kier molecular flexibility index (Phi) is 4.18. The van der Waals surface area contributed by atoms with Crippen molar-refractivity contribution in [3.8, 4) is 0 Å². The standard InChI is InChI=1S/C16H16ClN3O/c17-16-14(6-3-8-18-16)19-15(21)11-20-9-7-12-4-1-2-5-13(12)10-20/h1-6,8H,7,9-11H2,(H,19,21). The third kappa shape index (κ3) is 3.40. The van der Waals surface area contributed by atoms with Crippen LogP contribution in [0.5, 0.6) is 0 Å². The number of hydrogen-bond donors (Lipinski definition) is 1. The predicted octanol–water partition coefficient (Wildman–Crippen LogP) is 2.73. The molecule has 1 aromatic heterocycles. The Balaban J connectivity index is 1.60. The van der Waals surface area contributed by atoms with Crippen molar-refractivity contribution in [1.82, 2.24) is 9.88 Å². The van der Waals surface area contributed by atoms with E-state index in [0.29, 0.717) is 17.4 Å². The number of hydrogen-bond acceptors (Lipinski definition) is 3. The van der Waals surface area contributed by atoms with Crippen molar-refractivity contribution < 1.29 is 4.79 Å². The second kappa shape index (κ2) is 6.24. The monoisotopic (exact) mass is 301 g/mol. The molecule has 1 aliphatic rings. The molecule has 4 nitrogen and oxygen atoms in total. The summed E-state index contributed by atoms with van der Waals surface area (Å²) < 4.78 is 0. The van der Waals surface area contributed by atoms with Crippen molar-refractivity contribution in [3.63, 3.8) is 0 Å². The zero-order valence-corrected chi connectivity index (χ0v) is 12.3. The molecule has 1 amide bonds. The highest BCUT2D eigenvalue weighted by Crippen LogP contribution is 2.19. The first-order valence-corrected chi connectivity index (χ1v) is 7.29. The Hall–Kier alpha value is -1.91. The smallest absolute Gasteiger partial charge is 0.238 e. The molecule has 2 heterocycles. The maximum absolute atomic E-state index is 12.1. The number of carbonyl (C=O) groups is 1. The van der Waals surface area contributed by atoms with E-state index >= 15 is 0 Å². The molecule has 1 aliphatic heterocycles. The van der Waals surface area contributed by atoms with E-state index in [1.54, 1.807) is 18.3 Å². The topological polar surface area (TPSA) is 45.2 Å². The third-order valence-corrected chi connectivity index (χ3v) is 3.91. The lowest BCUT2D eigenvalue weighted by molar-refractivity contribution is -0.117. The minimum atomic E-state index is -0.0655. The van der Waals surface area contributed by atoms with Crippen LogP contribution in [0.25, 0.3) is 0 Å². The molecule has 0 bridgehead atoms. The van der Waals surface area contributed by atoms with Gasteiger partial charge in [-0.1, -0.05) is 35.9 Å². The van der Waals surface area contributed by atoms with Crippen molar-refractivity contribution in [3.05, 3.63) is 58.9 Å². The number of carbonyl (C=O) groups excluding carboxylic acids is 1. The van der Waals surface area contributed by atoms with E-state index in [1.807, 2.05) is 6.07 Å². The van der Waals surface area contributed by atoms with Gasteiger partial charge in [-0.25, -0.2) is 4.98 Å². The summed E-state index contributed by atoms with van der Waals surface area (Å²) in [6, 6.07) is 11.9. The van der Waals surface area contributed by atoms with E-state index in [-0.39, 0.29) is 5.91 Å². The Morgan fingerprint density at radius 2 is 2.05 bits per heavy atom. The molecule has 3 rings (SSSR count). The number of pyridine rings is 1. The van der Waals surface area contributed by atoms with E-state index in [1.165, 1.54) is 11.1 Å². The first-order valence-electron chi connectivity index (χ1n) is 6.92. The van der Waals surface area contributed by atoms with Gasteiger partial charge in [0.15, 0.2) is 5.15 Å². The highest BCUT2D eigenvalue weighted by molar-refractivity contribution is 6.32. The largest absolute Gasteiger partial charge is 0.322 e. The van der Waals surface area contributed by atoms with Gasteiger partial charge in [0, 0.05) is 19.3 Å². The molecule has 1 aromatic carbocycles. The SMILES string of the molecule is O=C(CN1CCc2ccccc2C1)Nc1cccnc1Cl. The van der Waals surface area contributed by atoms with E-state index in [0.717, 1.165) is 19.5 Å². The van der Waals surface area contributed by atoms with Crippen LogP contribution in [0.15, 0.2) is 42.6 Å². The fourth-order valence-corrected chi connectivity index (χ4v) is 2.73. The van der Waals surface area contributed by atoms with Gasteiger partial charge in [-0.3, -0.25) is 9.69 Å². The van der Waals surface area contributed by atoms with E-state index < -0.39 is 0 Å². The summed E-state index contributed by atoms with van der Waals surface area (Å²) in [7, 11) is 0. The maximum atomic E-state index is 12.1. The highest BCUT2D eigenvalue weighted by atomic mass is 35.5. The first kappa shape index (κ1) is 14.0. The fourth-order valence-electron chi connectivity index (χ4n) is 2.56. The van der Waals surface area contributed by atoms with Gasteiger partial charge >= 0.3 is 0 Å². The first-order chi connectivity index (χ1) is 10.2. The molecular formula is C16H16ClN3O. The number of anilines is 1. The molecule has 0 spiro atoms. The Bertz CT molecular complexity index is 659. The van der Waals surface area contributed by atoms with Gasteiger partial charge in [0.1, 0.15) is 0 Å². The van der Waals surface area contributed by atoms with Crippen LogP contribution in [-0.2, 0) is 17.8 Å². The molecule has 0 unspecified atom stereocenters. The van der Waals surface area contributed by atoms with Gasteiger partial charge < -0.3 is 5.32 Å². The van der Waals surface area contributed by atoms with Gasteiger partial charge in [0.05, 0.1) is 12.2 Å². The quantitative estimate of drug-likeness (QED) is 0.887. The molecule has 21 heavy (non-hydrogen) atoms. The second-order valence-electron chi connectivity index (χ2n) is 5.12. The predicted molar refractivity (Wildman–Crippen MR) is 83.3 cm³/mol. The van der Waals surface area contributed by atoms with Crippen LogP contribution < -0.4 is 5.32 Å². The maximum Gasteiger partial charge on any atom is 0.238 e. The van der Waals surface area contributed by atoms with Crippen LogP contribution in [0.4, 0.5) is 5.69 Å². The van der Waals surface area contributed by atoms with Crippen LogP contribution in [-0.4, -0.2) is 28.9 Å². The van der Waals surface area contributed by atoms with Crippen molar-refractivity contribution in [2.75, 3.05) is 18.4 Å². The number of aromatic nitrogens is 1. The summed E-state index contributed by atoms with van der Waals surface area (Å²) in [5.41, 5.74) is 3.24. The number of nitrogens with one attached hydrogen (secondary N) is 1. The van der Waals surface area contributed by atoms with Gasteiger partial charge in [-0.05, 0) is 29.7 Å². The normalized spacial score (nSPS) is 14.5. The number of rotatable bonds is 3. The Labute approximate surface area is 128 Å². The van der Waals surface area contributed by atoms with Crippen LogP contribution >= 0.6 is 11.6 Å². The molecule has 0 atom stereocenters. The number of fused-ring (bicyclic) bond motifs is 1. The second-order valence-corrected chi connectivity index (χ2v) is 5.48. The Morgan fingerprint density at radius 1 is 1.24 bits per heavy atom. The van der Waals surface area contributed by atoms with Gasteiger partial charge in [0.2, 0.25) is 5.91 Å².